The lowest BCUT2D eigenvalue weighted by molar-refractivity contribution is 0.471. The highest BCUT2D eigenvalue weighted by molar-refractivity contribution is 5.81. The molecule has 0 radical (unpaired) electrons. The van der Waals surface area contributed by atoms with Crippen LogP contribution in [0.1, 0.15) is 17.5 Å². The second kappa shape index (κ2) is 6.50. The van der Waals surface area contributed by atoms with Gasteiger partial charge in [-0.1, -0.05) is 0 Å². The average Bonchev–Trinajstić information content (AvgIpc) is 3.01. The lowest BCUT2D eigenvalue weighted by Gasteiger charge is -2.09. The van der Waals surface area contributed by atoms with E-state index < -0.39 is 0 Å². The first-order chi connectivity index (χ1) is 11.6. The Morgan fingerprint density at radius 1 is 1.25 bits per heavy atom. The van der Waals surface area contributed by atoms with Gasteiger partial charge >= 0.3 is 0 Å². The monoisotopic (exact) mass is 319 g/mol. The number of benzene rings is 1. The molecule has 0 bridgehead atoms. The Balaban J connectivity index is 2.20. The quantitative estimate of drug-likeness (QED) is 0.797. The van der Waals surface area contributed by atoms with E-state index in [1.165, 1.54) is 6.33 Å². The molecule has 120 valence electrons. The van der Waals surface area contributed by atoms with Crippen molar-refractivity contribution in [2.24, 2.45) is 0 Å². The van der Waals surface area contributed by atoms with Crippen LogP contribution >= 0.6 is 0 Å². The average molecular weight is 319 g/mol. The summed E-state index contributed by atoms with van der Waals surface area (Å²) in [6.45, 7) is 4.30. The number of aromatic hydroxyl groups is 1. The molecule has 0 aliphatic heterocycles. The molecule has 0 unspecified atom stereocenters. The number of rotatable bonds is 4. The fourth-order valence-electron chi connectivity index (χ4n) is 2.62. The smallest absolute Gasteiger partial charge is 0.119 e. The van der Waals surface area contributed by atoms with Gasteiger partial charge in [-0.05, 0) is 37.6 Å². The van der Waals surface area contributed by atoms with Crippen LogP contribution in [0.15, 0.2) is 36.9 Å². The van der Waals surface area contributed by atoms with Crippen LogP contribution in [0.25, 0.3) is 22.5 Å². The molecule has 1 aromatic carbocycles. The molecule has 0 amide bonds. The summed E-state index contributed by atoms with van der Waals surface area (Å²) in [5.41, 5.74) is 4.92. The number of hydrogen-bond acceptors (Lipinski definition) is 5. The highest BCUT2D eigenvalue weighted by atomic mass is 16.3. The number of aryl methyl sites for hydroxylation is 2. The van der Waals surface area contributed by atoms with E-state index in [4.69, 9.17) is 5.26 Å². The molecule has 3 rings (SSSR count). The normalized spacial score (nSPS) is 10.5. The van der Waals surface area contributed by atoms with Gasteiger partial charge in [0.05, 0.1) is 24.7 Å². The zero-order valence-corrected chi connectivity index (χ0v) is 13.6. The SMILES string of the molecule is Cc1cc(O)c(C)c(-c2nn(CCC#N)cc2-c2ccncn2)c1. The Morgan fingerprint density at radius 3 is 2.79 bits per heavy atom. The van der Waals surface area contributed by atoms with Crippen molar-refractivity contribution in [3.63, 3.8) is 0 Å². The van der Waals surface area contributed by atoms with Crippen molar-refractivity contribution in [3.8, 4) is 34.3 Å². The van der Waals surface area contributed by atoms with Gasteiger partial charge in [-0.2, -0.15) is 10.4 Å². The molecule has 1 N–H and O–H groups in total. The zero-order valence-electron chi connectivity index (χ0n) is 13.6. The van der Waals surface area contributed by atoms with E-state index in [-0.39, 0.29) is 5.75 Å². The third-order valence-electron chi connectivity index (χ3n) is 3.85. The molecule has 0 spiro atoms. The van der Waals surface area contributed by atoms with Gasteiger partial charge in [0.25, 0.3) is 0 Å². The zero-order chi connectivity index (χ0) is 17.1. The Bertz CT molecular complexity index is 909. The number of nitrogens with zero attached hydrogens (tertiary/aromatic N) is 5. The lowest BCUT2D eigenvalue weighted by Crippen LogP contribution is -1.98. The van der Waals surface area contributed by atoms with Gasteiger partial charge < -0.3 is 5.11 Å². The largest absolute Gasteiger partial charge is 0.508 e. The highest BCUT2D eigenvalue weighted by Gasteiger charge is 2.17. The van der Waals surface area contributed by atoms with E-state index in [1.54, 1.807) is 16.9 Å². The van der Waals surface area contributed by atoms with Crippen LogP contribution in [0.4, 0.5) is 0 Å². The van der Waals surface area contributed by atoms with Crippen molar-refractivity contribution in [2.45, 2.75) is 26.8 Å². The summed E-state index contributed by atoms with van der Waals surface area (Å²) in [7, 11) is 0. The molecule has 2 heterocycles. The minimum atomic E-state index is 0.241. The number of aromatic nitrogens is 4. The Kier molecular flexibility index (Phi) is 4.25. The molecule has 0 saturated carbocycles. The molecule has 0 saturated heterocycles. The predicted molar refractivity (Wildman–Crippen MR) is 90.1 cm³/mol. The first-order valence-corrected chi connectivity index (χ1v) is 7.61. The van der Waals surface area contributed by atoms with E-state index in [1.807, 2.05) is 32.2 Å². The number of nitriles is 1. The summed E-state index contributed by atoms with van der Waals surface area (Å²) in [6.07, 6.45) is 5.43. The number of phenolic OH excluding ortho intramolecular Hbond substituents is 1. The fourth-order valence-corrected chi connectivity index (χ4v) is 2.62. The fraction of sp³-hybridized carbons (Fsp3) is 0.222. The summed E-state index contributed by atoms with van der Waals surface area (Å²) < 4.78 is 1.74. The first kappa shape index (κ1) is 15.7. The lowest BCUT2D eigenvalue weighted by atomic mass is 9.98. The van der Waals surface area contributed by atoms with Gasteiger partial charge in [-0.15, -0.1) is 0 Å². The summed E-state index contributed by atoms with van der Waals surface area (Å²) in [5, 5.41) is 23.6. The van der Waals surface area contributed by atoms with Gasteiger partial charge in [0.1, 0.15) is 17.8 Å². The molecular weight excluding hydrogens is 302 g/mol. The minimum Gasteiger partial charge on any atom is -0.508 e. The molecule has 0 fully saturated rings. The van der Waals surface area contributed by atoms with E-state index >= 15 is 0 Å². The van der Waals surface area contributed by atoms with Gasteiger partial charge in [-0.3, -0.25) is 4.68 Å². The van der Waals surface area contributed by atoms with Crippen LogP contribution in [-0.4, -0.2) is 24.9 Å². The molecule has 0 aliphatic rings. The molecule has 24 heavy (non-hydrogen) atoms. The maximum absolute atomic E-state index is 10.1. The van der Waals surface area contributed by atoms with Crippen LogP contribution in [-0.2, 0) is 6.54 Å². The number of hydrogen-bond donors (Lipinski definition) is 1. The van der Waals surface area contributed by atoms with Gasteiger partial charge in [0.15, 0.2) is 0 Å². The van der Waals surface area contributed by atoms with E-state index in [0.29, 0.717) is 13.0 Å². The molecule has 0 atom stereocenters. The summed E-state index contributed by atoms with van der Waals surface area (Å²) in [6, 6.07) is 7.68. The maximum Gasteiger partial charge on any atom is 0.119 e. The number of phenols is 1. The molecule has 6 heteroatoms. The second-order valence-corrected chi connectivity index (χ2v) is 5.61. The summed E-state index contributed by atoms with van der Waals surface area (Å²) >= 11 is 0. The van der Waals surface area contributed by atoms with Crippen molar-refractivity contribution < 1.29 is 5.11 Å². The third-order valence-corrected chi connectivity index (χ3v) is 3.85. The van der Waals surface area contributed by atoms with Crippen LogP contribution in [0, 0.1) is 25.2 Å². The van der Waals surface area contributed by atoms with Crippen LogP contribution in [0.5, 0.6) is 5.75 Å². The molecule has 6 nitrogen and oxygen atoms in total. The van der Waals surface area contributed by atoms with Gasteiger partial charge in [0.2, 0.25) is 0 Å². The standard InChI is InChI=1S/C18H17N5O/c1-12-8-14(13(2)17(24)9-12)18-15(16-4-6-20-11-21-16)10-23(22-18)7-3-5-19/h4,6,8-11,24H,3,7H2,1-2H3. The van der Waals surface area contributed by atoms with Crippen molar-refractivity contribution in [3.05, 3.63) is 48.0 Å². The predicted octanol–water partition coefficient (Wildman–Crippen LogP) is 3.24. The van der Waals surface area contributed by atoms with Gasteiger partial charge in [0, 0.05) is 29.1 Å². The van der Waals surface area contributed by atoms with Crippen molar-refractivity contribution in [2.75, 3.05) is 0 Å². The second-order valence-electron chi connectivity index (χ2n) is 5.61. The third kappa shape index (κ3) is 2.97. The van der Waals surface area contributed by atoms with Crippen LogP contribution < -0.4 is 0 Å². The molecule has 3 aromatic rings. The summed E-state index contributed by atoms with van der Waals surface area (Å²) in [5.74, 6) is 0.241. The molecule has 0 aliphatic carbocycles. The maximum atomic E-state index is 10.1. The van der Waals surface area contributed by atoms with Crippen molar-refractivity contribution in [1.82, 2.24) is 19.7 Å². The highest BCUT2D eigenvalue weighted by Crippen LogP contribution is 2.35. The minimum absolute atomic E-state index is 0.241. The Labute approximate surface area is 140 Å². The Morgan fingerprint density at radius 2 is 2.08 bits per heavy atom. The first-order valence-electron chi connectivity index (χ1n) is 7.61. The molecule has 2 aromatic heterocycles. The van der Waals surface area contributed by atoms with E-state index in [2.05, 4.69) is 21.1 Å². The van der Waals surface area contributed by atoms with Gasteiger partial charge in [-0.25, -0.2) is 9.97 Å². The Hall–Kier alpha value is -3.20. The van der Waals surface area contributed by atoms with Crippen molar-refractivity contribution >= 4 is 0 Å². The summed E-state index contributed by atoms with van der Waals surface area (Å²) in [4.78, 5) is 8.27. The van der Waals surface area contributed by atoms with E-state index in [0.717, 1.165) is 33.6 Å². The molecular formula is C18H17N5O. The van der Waals surface area contributed by atoms with Crippen molar-refractivity contribution in [1.29, 1.82) is 5.26 Å². The van der Waals surface area contributed by atoms with Crippen LogP contribution in [0.3, 0.4) is 0 Å². The van der Waals surface area contributed by atoms with Crippen LogP contribution in [0.2, 0.25) is 0 Å². The van der Waals surface area contributed by atoms with E-state index in [9.17, 15) is 5.11 Å². The topological polar surface area (TPSA) is 87.6 Å².